The van der Waals surface area contributed by atoms with Crippen LogP contribution in [-0.4, -0.2) is 41.0 Å². The highest BCUT2D eigenvalue weighted by atomic mass is 16.3. The number of ketones is 1. The Morgan fingerprint density at radius 1 is 1.14 bits per heavy atom. The fourth-order valence-electron chi connectivity index (χ4n) is 3.38. The number of aliphatic hydroxyl groups is 1. The lowest BCUT2D eigenvalue weighted by atomic mass is 10.1. The van der Waals surface area contributed by atoms with Crippen molar-refractivity contribution in [3.63, 3.8) is 0 Å². The van der Waals surface area contributed by atoms with E-state index in [4.69, 9.17) is 0 Å². The second-order valence-electron chi connectivity index (χ2n) is 6.68. The van der Waals surface area contributed by atoms with Gasteiger partial charge in [-0.1, -0.05) is 58.3 Å². The molecule has 1 rings (SSSR count). The van der Waals surface area contributed by atoms with Gasteiger partial charge in [0.05, 0.1) is 12.1 Å². The van der Waals surface area contributed by atoms with Gasteiger partial charge < -0.3 is 5.11 Å². The van der Waals surface area contributed by atoms with E-state index in [-0.39, 0.29) is 17.9 Å². The minimum absolute atomic E-state index is 0.0678. The maximum Gasteiger partial charge on any atom is 0.146 e. The molecule has 1 aliphatic rings. The molecule has 1 fully saturated rings. The van der Waals surface area contributed by atoms with Gasteiger partial charge in [0.15, 0.2) is 0 Å². The monoisotopic (exact) mass is 297 g/mol. The normalized spacial score (nSPS) is 20.8. The fourth-order valence-corrected chi connectivity index (χ4v) is 3.38. The van der Waals surface area contributed by atoms with E-state index in [2.05, 4.69) is 11.8 Å². The second-order valence-corrected chi connectivity index (χ2v) is 6.68. The van der Waals surface area contributed by atoms with Crippen LogP contribution in [0.1, 0.15) is 84.5 Å². The van der Waals surface area contributed by atoms with Gasteiger partial charge in [-0.2, -0.15) is 0 Å². The maximum atomic E-state index is 11.5. The molecule has 0 bridgehead atoms. The van der Waals surface area contributed by atoms with Gasteiger partial charge in [0.25, 0.3) is 0 Å². The Morgan fingerprint density at radius 2 is 1.76 bits per heavy atom. The van der Waals surface area contributed by atoms with E-state index in [1.165, 1.54) is 44.9 Å². The molecule has 1 N–H and O–H groups in total. The highest BCUT2D eigenvalue weighted by Gasteiger charge is 2.29. The smallest absolute Gasteiger partial charge is 0.146 e. The maximum absolute atomic E-state index is 11.5. The minimum atomic E-state index is -0.259. The van der Waals surface area contributed by atoms with Crippen molar-refractivity contribution in [3.8, 4) is 0 Å². The van der Waals surface area contributed by atoms with E-state index in [0.717, 1.165) is 32.2 Å². The average molecular weight is 297 g/mol. The molecule has 0 spiro atoms. The van der Waals surface area contributed by atoms with Gasteiger partial charge in [-0.15, -0.1) is 0 Å². The summed E-state index contributed by atoms with van der Waals surface area (Å²) in [5.41, 5.74) is 0. The first kappa shape index (κ1) is 18.6. The third-order valence-corrected chi connectivity index (χ3v) is 4.67. The second kappa shape index (κ2) is 11.2. The topological polar surface area (TPSA) is 40.5 Å². The van der Waals surface area contributed by atoms with Crippen LogP contribution in [0.2, 0.25) is 0 Å². The van der Waals surface area contributed by atoms with E-state index in [0.29, 0.717) is 6.54 Å². The fraction of sp³-hybridized carbons (Fsp3) is 0.944. The van der Waals surface area contributed by atoms with E-state index >= 15 is 0 Å². The van der Waals surface area contributed by atoms with Crippen molar-refractivity contribution in [1.82, 2.24) is 4.90 Å². The molecule has 3 nitrogen and oxygen atoms in total. The lowest BCUT2D eigenvalue weighted by Gasteiger charge is -2.25. The Balaban J connectivity index is 2.01. The highest BCUT2D eigenvalue weighted by molar-refractivity contribution is 5.81. The summed E-state index contributed by atoms with van der Waals surface area (Å²) in [6.45, 7) is 5.58. The van der Waals surface area contributed by atoms with Crippen molar-refractivity contribution >= 4 is 5.78 Å². The lowest BCUT2D eigenvalue weighted by Crippen LogP contribution is -2.39. The molecule has 0 saturated carbocycles. The molecule has 3 heteroatoms. The van der Waals surface area contributed by atoms with Crippen molar-refractivity contribution in [1.29, 1.82) is 0 Å². The molecular formula is C18H35NO2. The molecule has 1 aliphatic heterocycles. The van der Waals surface area contributed by atoms with Crippen molar-refractivity contribution in [2.45, 2.75) is 96.6 Å². The van der Waals surface area contributed by atoms with Gasteiger partial charge in [-0.25, -0.2) is 0 Å². The van der Waals surface area contributed by atoms with E-state index in [1.807, 2.05) is 0 Å². The summed E-state index contributed by atoms with van der Waals surface area (Å²) in [5.74, 6) is 0.256. The Labute approximate surface area is 131 Å². The van der Waals surface area contributed by atoms with Crippen LogP contribution in [0.5, 0.6) is 0 Å². The van der Waals surface area contributed by atoms with Crippen LogP contribution in [0.25, 0.3) is 0 Å². The van der Waals surface area contributed by atoms with Gasteiger partial charge in [0.2, 0.25) is 0 Å². The number of carbonyl (C=O) groups excluding carboxylic acids is 1. The zero-order valence-electron chi connectivity index (χ0n) is 14.1. The average Bonchev–Trinajstić information content (AvgIpc) is 2.90. The summed E-state index contributed by atoms with van der Waals surface area (Å²) in [5, 5.41) is 10.1. The SMILES string of the molecule is CCCCCCCCCCC(O)CN1CCCC1C(C)=O. The van der Waals surface area contributed by atoms with Gasteiger partial charge in [0.1, 0.15) is 5.78 Å². The number of nitrogens with zero attached hydrogens (tertiary/aromatic N) is 1. The molecule has 0 aromatic carbocycles. The van der Waals surface area contributed by atoms with E-state index in [9.17, 15) is 9.90 Å². The molecule has 1 heterocycles. The number of hydrogen-bond donors (Lipinski definition) is 1. The Hall–Kier alpha value is -0.410. The zero-order chi connectivity index (χ0) is 15.5. The van der Waals surface area contributed by atoms with Crippen LogP contribution in [0, 0.1) is 0 Å². The van der Waals surface area contributed by atoms with Crippen LogP contribution < -0.4 is 0 Å². The van der Waals surface area contributed by atoms with Crippen molar-refractivity contribution in [2.24, 2.45) is 0 Å². The predicted octanol–water partition coefficient (Wildman–Crippen LogP) is 3.93. The molecule has 0 aromatic heterocycles. The van der Waals surface area contributed by atoms with Crippen LogP contribution in [-0.2, 0) is 4.79 Å². The molecule has 2 atom stereocenters. The van der Waals surface area contributed by atoms with E-state index in [1.54, 1.807) is 6.92 Å². The van der Waals surface area contributed by atoms with Gasteiger partial charge >= 0.3 is 0 Å². The van der Waals surface area contributed by atoms with Gasteiger partial charge in [-0.3, -0.25) is 9.69 Å². The van der Waals surface area contributed by atoms with Crippen LogP contribution >= 0.6 is 0 Å². The van der Waals surface area contributed by atoms with Crippen molar-refractivity contribution in [2.75, 3.05) is 13.1 Å². The number of Topliss-reactive ketones (excluding diaryl/α,β-unsaturated/α-hetero) is 1. The summed E-state index contributed by atoms with van der Waals surface area (Å²) in [6, 6.07) is 0.0678. The number of β-amino-alcohol motifs (C(OH)–C–C–N with tert-alkyl or cyclic N) is 1. The third kappa shape index (κ3) is 7.96. The van der Waals surface area contributed by atoms with Crippen LogP contribution in [0.3, 0.4) is 0 Å². The summed E-state index contributed by atoms with van der Waals surface area (Å²) >= 11 is 0. The Morgan fingerprint density at radius 3 is 2.38 bits per heavy atom. The summed E-state index contributed by atoms with van der Waals surface area (Å²) < 4.78 is 0. The lowest BCUT2D eigenvalue weighted by molar-refractivity contribution is -0.121. The molecule has 0 aliphatic carbocycles. The van der Waals surface area contributed by atoms with Gasteiger partial charge in [0, 0.05) is 6.54 Å². The largest absolute Gasteiger partial charge is 0.392 e. The molecule has 0 amide bonds. The highest BCUT2D eigenvalue weighted by Crippen LogP contribution is 2.19. The molecular weight excluding hydrogens is 262 g/mol. The quantitative estimate of drug-likeness (QED) is 0.555. The Bertz CT molecular complexity index is 280. The summed E-state index contributed by atoms with van der Waals surface area (Å²) in [6.07, 6.45) is 13.1. The molecule has 21 heavy (non-hydrogen) atoms. The first-order valence-electron chi connectivity index (χ1n) is 9.07. The van der Waals surface area contributed by atoms with Crippen molar-refractivity contribution in [3.05, 3.63) is 0 Å². The number of rotatable bonds is 12. The first-order valence-corrected chi connectivity index (χ1v) is 9.07. The van der Waals surface area contributed by atoms with E-state index < -0.39 is 0 Å². The molecule has 124 valence electrons. The standard InChI is InChI=1S/C18H35NO2/c1-3-4-5-6-7-8-9-10-12-17(21)15-19-14-11-13-18(19)16(2)20/h17-18,21H,3-15H2,1-2H3. The minimum Gasteiger partial charge on any atom is -0.392 e. The summed E-state index contributed by atoms with van der Waals surface area (Å²) in [4.78, 5) is 13.7. The first-order chi connectivity index (χ1) is 10.1. The molecule has 2 unspecified atom stereocenters. The van der Waals surface area contributed by atoms with Crippen LogP contribution in [0.15, 0.2) is 0 Å². The molecule has 1 saturated heterocycles. The van der Waals surface area contributed by atoms with Crippen molar-refractivity contribution < 1.29 is 9.90 Å². The molecule has 0 radical (unpaired) electrons. The predicted molar refractivity (Wildman–Crippen MR) is 88.5 cm³/mol. The summed E-state index contributed by atoms with van der Waals surface area (Å²) in [7, 11) is 0. The Kier molecular flexibility index (Phi) is 9.94. The number of carbonyl (C=O) groups is 1. The molecule has 0 aromatic rings. The zero-order valence-corrected chi connectivity index (χ0v) is 14.1. The number of unbranched alkanes of at least 4 members (excludes halogenated alkanes) is 7. The number of hydrogen-bond acceptors (Lipinski definition) is 3. The number of likely N-dealkylation sites (tertiary alicyclic amines) is 1. The van der Waals surface area contributed by atoms with Gasteiger partial charge in [-0.05, 0) is 32.7 Å². The third-order valence-electron chi connectivity index (χ3n) is 4.67. The number of aliphatic hydroxyl groups excluding tert-OH is 1. The van der Waals surface area contributed by atoms with Crippen LogP contribution in [0.4, 0.5) is 0 Å².